The molecule has 1 spiro atoms. The number of unbranched alkanes of at least 4 members (excludes halogenated alkanes) is 1. The molecule has 0 bridgehead atoms. The van der Waals surface area contributed by atoms with Gasteiger partial charge in [0.2, 0.25) is 0 Å². The van der Waals surface area contributed by atoms with E-state index in [1.807, 2.05) is 12.1 Å². The van der Waals surface area contributed by atoms with Gasteiger partial charge in [0.15, 0.2) is 5.84 Å². The van der Waals surface area contributed by atoms with Gasteiger partial charge in [0.1, 0.15) is 5.66 Å². The Morgan fingerprint density at radius 3 is 2.23 bits per heavy atom. The third-order valence-electron chi connectivity index (χ3n) is 10.3. The Labute approximate surface area is 258 Å². The lowest BCUT2D eigenvalue weighted by Crippen LogP contribution is -2.52. The molecule has 1 saturated carbocycles. The maximum atomic E-state index is 14.5. The first kappa shape index (κ1) is 33.0. The number of amides is 2. The highest BCUT2D eigenvalue weighted by Crippen LogP contribution is 2.50. The number of benzene rings is 1. The van der Waals surface area contributed by atoms with Gasteiger partial charge in [-0.05, 0) is 85.8 Å². The van der Waals surface area contributed by atoms with Gasteiger partial charge in [0.25, 0.3) is 11.8 Å². The smallest absolute Gasteiger partial charge is 0.305 e. The van der Waals surface area contributed by atoms with Gasteiger partial charge >= 0.3 is 5.97 Å². The third kappa shape index (κ3) is 7.61. The predicted octanol–water partition coefficient (Wildman–Crippen LogP) is 6.66. The van der Waals surface area contributed by atoms with Gasteiger partial charge in [-0.25, -0.2) is 4.99 Å². The summed E-state index contributed by atoms with van der Waals surface area (Å²) in [6.07, 6.45) is 8.78. The van der Waals surface area contributed by atoms with Gasteiger partial charge in [0, 0.05) is 25.2 Å². The Morgan fingerprint density at radius 2 is 1.70 bits per heavy atom. The molecule has 238 valence electrons. The molecule has 8 heteroatoms. The number of rotatable bonds is 10. The third-order valence-corrected chi connectivity index (χ3v) is 10.3. The lowest BCUT2D eigenvalue weighted by Gasteiger charge is -2.47. The second-order valence-corrected chi connectivity index (χ2v) is 14.5. The van der Waals surface area contributed by atoms with Crippen molar-refractivity contribution in [1.29, 1.82) is 0 Å². The molecule has 1 aromatic rings. The minimum Gasteiger partial charge on any atom is -0.481 e. The highest BCUT2D eigenvalue weighted by Gasteiger charge is 2.53. The first-order valence-electron chi connectivity index (χ1n) is 16.6. The monoisotopic (exact) mass is 594 g/mol. The van der Waals surface area contributed by atoms with Crippen molar-refractivity contribution in [2.75, 3.05) is 19.6 Å². The number of carbonyl (C=O) groups excluding carboxylic acids is 2. The van der Waals surface area contributed by atoms with E-state index in [1.54, 1.807) is 12.1 Å². The average Bonchev–Trinajstić information content (AvgIpc) is 3.24. The van der Waals surface area contributed by atoms with Crippen LogP contribution in [-0.2, 0) is 9.59 Å². The molecule has 0 unspecified atom stereocenters. The van der Waals surface area contributed by atoms with Crippen LogP contribution in [0.25, 0.3) is 0 Å². The molecular formula is C35H54N4O4. The molecule has 1 aromatic carbocycles. The first-order chi connectivity index (χ1) is 20.4. The van der Waals surface area contributed by atoms with Crippen molar-refractivity contribution in [3.63, 3.8) is 0 Å². The molecule has 2 heterocycles. The average molecular weight is 595 g/mol. The maximum absolute atomic E-state index is 14.5. The van der Waals surface area contributed by atoms with Crippen molar-refractivity contribution in [1.82, 2.24) is 15.1 Å². The van der Waals surface area contributed by atoms with Crippen molar-refractivity contribution < 1.29 is 19.5 Å². The zero-order chi connectivity index (χ0) is 31.4. The van der Waals surface area contributed by atoms with Crippen LogP contribution in [0.4, 0.5) is 0 Å². The predicted molar refractivity (Wildman–Crippen MR) is 171 cm³/mol. The van der Waals surface area contributed by atoms with E-state index >= 15 is 0 Å². The highest BCUT2D eigenvalue weighted by molar-refractivity contribution is 6.39. The second-order valence-electron chi connectivity index (χ2n) is 14.5. The number of nitrogens with one attached hydrogen (secondary N) is 1. The van der Waals surface area contributed by atoms with Crippen LogP contribution in [0.5, 0.6) is 0 Å². The lowest BCUT2D eigenvalue weighted by molar-refractivity contribution is -0.137. The highest BCUT2D eigenvalue weighted by atomic mass is 16.4. The van der Waals surface area contributed by atoms with Crippen molar-refractivity contribution in [2.24, 2.45) is 28.2 Å². The number of carboxylic acids is 1. The normalized spacial score (nSPS) is 24.0. The number of carboxylic acid groups (broad SMARTS) is 1. The van der Waals surface area contributed by atoms with E-state index in [9.17, 15) is 14.4 Å². The molecular weight excluding hydrogens is 540 g/mol. The van der Waals surface area contributed by atoms with Crippen molar-refractivity contribution in [2.45, 2.75) is 117 Å². The molecule has 43 heavy (non-hydrogen) atoms. The Kier molecular flexibility index (Phi) is 10.6. The number of aliphatic carboxylic acids is 1. The van der Waals surface area contributed by atoms with Crippen molar-refractivity contribution in [3.8, 4) is 0 Å². The molecule has 2 amide bonds. The topological polar surface area (TPSA) is 102 Å². The minimum atomic E-state index is -0.943. The number of carbonyl (C=O) groups is 3. The molecule has 4 rings (SSSR count). The summed E-state index contributed by atoms with van der Waals surface area (Å²) in [7, 11) is 0. The van der Waals surface area contributed by atoms with Gasteiger partial charge in [-0.15, -0.1) is 0 Å². The van der Waals surface area contributed by atoms with Gasteiger partial charge < -0.3 is 20.2 Å². The van der Waals surface area contributed by atoms with Crippen molar-refractivity contribution >= 4 is 23.6 Å². The van der Waals surface area contributed by atoms with Gasteiger partial charge in [0.05, 0.1) is 12.5 Å². The number of aliphatic imine (C=N–C) groups is 1. The van der Waals surface area contributed by atoms with Crippen LogP contribution in [0.1, 0.15) is 128 Å². The molecule has 0 radical (unpaired) electrons. The largest absolute Gasteiger partial charge is 0.481 e. The molecule has 2 fully saturated rings. The summed E-state index contributed by atoms with van der Waals surface area (Å²) in [5.74, 6) is 1.44. The summed E-state index contributed by atoms with van der Waals surface area (Å²) in [5.41, 5.74) is 1.20. The van der Waals surface area contributed by atoms with E-state index in [4.69, 9.17) is 10.1 Å². The Morgan fingerprint density at radius 1 is 1.07 bits per heavy atom. The minimum absolute atomic E-state index is 0.0637. The molecule has 1 saturated heterocycles. The number of hydrogen-bond donors (Lipinski definition) is 2. The zero-order valence-electron chi connectivity index (χ0n) is 27.3. The first-order valence-corrected chi connectivity index (χ1v) is 16.6. The molecule has 0 aromatic heterocycles. The summed E-state index contributed by atoms with van der Waals surface area (Å²) < 4.78 is 0. The molecule has 3 aliphatic rings. The Hall–Kier alpha value is -2.90. The van der Waals surface area contributed by atoms with Crippen LogP contribution in [0.3, 0.4) is 0 Å². The molecule has 1 atom stereocenters. The molecule has 1 aliphatic carbocycles. The molecule has 2 aliphatic heterocycles. The van der Waals surface area contributed by atoms with Crippen LogP contribution >= 0.6 is 0 Å². The van der Waals surface area contributed by atoms with Crippen LogP contribution in [0.15, 0.2) is 29.3 Å². The number of amidine groups is 1. The van der Waals surface area contributed by atoms with Crippen LogP contribution in [-0.4, -0.2) is 63.8 Å². The summed E-state index contributed by atoms with van der Waals surface area (Å²) in [6.45, 7) is 15.6. The number of likely N-dealkylation sites (tertiary alicyclic amines) is 1. The fourth-order valence-electron chi connectivity index (χ4n) is 7.39. The van der Waals surface area contributed by atoms with Crippen LogP contribution in [0, 0.1) is 23.2 Å². The second kappa shape index (κ2) is 13.8. The summed E-state index contributed by atoms with van der Waals surface area (Å²) >= 11 is 0. The van der Waals surface area contributed by atoms with E-state index in [0.717, 1.165) is 76.4 Å². The fraction of sp³-hybridized carbons (Fsp3) is 0.714. The lowest BCUT2D eigenvalue weighted by atomic mass is 9.69. The van der Waals surface area contributed by atoms with E-state index in [-0.39, 0.29) is 36.2 Å². The summed E-state index contributed by atoms with van der Waals surface area (Å²) in [5, 5.41) is 11.6. The van der Waals surface area contributed by atoms with E-state index in [2.05, 4.69) is 56.7 Å². The van der Waals surface area contributed by atoms with Crippen molar-refractivity contribution in [3.05, 3.63) is 35.4 Å². The quantitative estimate of drug-likeness (QED) is 0.315. The summed E-state index contributed by atoms with van der Waals surface area (Å²) in [4.78, 5) is 47.8. The van der Waals surface area contributed by atoms with Crippen LogP contribution in [0.2, 0.25) is 0 Å². The van der Waals surface area contributed by atoms with Gasteiger partial charge in [-0.1, -0.05) is 66.5 Å². The molecule has 8 nitrogen and oxygen atoms in total. The molecule has 2 N–H and O–H groups in total. The maximum Gasteiger partial charge on any atom is 0.305 e. The van der Waals surface area contributed by atoms with E-state index in [0.29, 0.717) is 29.2 Å². The number of hydrogen-bond acceptors (Lipinski definition) is 5. The summed E-state index contributed by atoms with van der Waals surface area (Å²) in [6, 6.07) is 7.41. The fourth-order valence-corrected chi connectivity index (χ4v) is 7.39. The zero-order valence-corrected chi connectivity index (χ0v) is 27.3. The number of piperidine rings is 1. The van der Waals surface area contributed by atoms with Crippen LogP contribution < -0.4 is 5.32 Å². The van der Waals surface area contributed by atoms with E-state index in [1.165, 1.54) is 0 Å². The number of nitrogens with zero attached hydrogens (tertiary/aromatic N) is 3. The Bertz CT molecular complexity index is 1150. The van der Waals surface area contributed by atoms with Gasteiger partial charge in [-0.2, -0.15) is 0 Å². The Balaban J connectivity index is 1.63. The standard InChI is InChI=1S/C35H54N4O4/c1-7-8-9-29(26-10-12-27(13-11-26)32(42)36-21-16-30(40)41)39-33(43)31(38-22-17-25(18-23-38)24(2)3)37-35(39)19-14-28(15-20-35)34(4,5)6/h10-13,24-25,28-29H,7-9,14-23H2,1-6H3,(H,36,42)(H,40,41)/t28?,29-,35?/m1/s1. The van der Waals surface area contributed by atoms with Gasteiger partial charge in [-0.3, -0.25) is 14.4 Å². The SMILES string of the molecule is CCCC[C@H](c1ccc(C(=O)NCCC(=O)O)cc1)N1C(=O)C(N2CCC(C(C)C)CC2)=NC12CCC(C(C)(C)C)CC2. The van der Waals surface area contributed by atoms with E-state index < -0.39 is 11.6 Å².